The number of benzene rings is 2. The molecule has 0 aliphatic carbocycles. The molecule has 6 nitrogen and oxygen atoms in total. The Hall–Kier alpha value is -3.09. The standard InChI is InChI=1S/C21H25FN4O2/c1-20(2)18(27)26(4)19(23)25-21(20,3)16-12-14(9-10-17(16)22)24-13-7-6-8-15(11-13)28-5/h6-12,24H,1-5H3,(H2,23,25)/t21-/m1/s1. The Morgan fingerprint density at radius 1 is 1.14 bits per heavy atom. The monoisotopic (exact) mass is 384 g/mol. The maximum Gasteiger partial charge on any atom is 0.237 e. The summed E-state index contributed by atoms with van der Waals surface area (Å²) in [4.78, 5) is 18.6. The van der Waals surface area contributed by atoms with Crippen LogP contribution in [0.3, 0.4) is 0 Å². The van der Waals surface area contributed by atoms with E-state index in [0.29, 0.717) is 17.0 Å². The third-order valence-electron chi connectivity index (χ3n) is 5.59. The first-order valence-electron chi connectivity index (χ1n) is 8.95. The van der Waals surface area contributed by atoms with Gasteiger partial charge in [-0.2, -0.15) is 0 Å². The van der Waals surface area contributed by atoms with Crippen molar-refractivity contribution < 1.29 is 13.9 Å². The smallest absolute Gasteiger partial charge is 0.237 e. The van der Waals surface area contributed by atoms with Gasteiger partial charge in [0.25, 0.3) is 0 Å². The van der Waals surface area contributed by atoms with Gasteiger partial charge < -0.3 is 15.8 Å². The maximum absolute atomic E-state index is 14.9. The first kappa shape index (κ1) is 19.7. The lowest BCUT2D eigenvalue weighted by atomic mass is 9.67. The topological polar surface area (TPSA) is 80.0 Å². The van der Waals surface area contributed by atoms with Gasteiger partial charge in [-0.25, -0.2) is 9.38 Å². The molecule has 7 heteroatoms. The predicted octanol–water partition coefficient (Wildman–Crippen LogP) is 3.61. The third kappa shape index (κ3) is 3.06. The highest BCUT2D eigenvalue weighted by Gasteiger charge is 2.53. The van der Waals surface area contributed by atoms with Crippen LogP contribution < -0.4 is 15.8 Å². The van der Waals surface area contributed by atoms with Gasteiger partial charge in [0.1, 0.15) is 17.1 Å². The fraction of sp³-hybridized carbons (Fsp3) is 0.333. The van der Waals surface area contributed by atoms with Gasteiger partial charge in [0.05, 0.1) is 12.5 Å². The second kappa shape index (κ2) is 6.82. The minimum Gasteiger partial charge on any atom is -0.497 e. The molecule has 148 valence electrons. The molecule has 1 aliphatic rings. The first-order valence-corrected chi connectivity index (χ1v) is 8.95. The highest BCUT2D eigenvalue weighted by Crippen LogP contribution is 2.47. The lowest BCUT2D eigenvalue weighted by Crippen LogP contribution is -2.58. The van der Waals surface area contributed by atoms with Gasteiger partial charge in [-0.15, -0.1) is 0 Å². The van der Waals surface area contributed by atoms with Gasteiger partial charge in [0, 0.05) is 30.1 Å². The predicted molar refractivity (Wildman–Crippen MR) is 108 cm³/mol. The van der Waals surface area contributed by atoms with E-state index in [1.54, 1.807) is 47.1 Å². The van der Waals surface area contributed by atoms with E-state index in [4.69, 9.17) is 10.5 Å². The van der Waals surface area contributed by atoms with Gasteiger partial charge >= 0.3 is 0 Å². The molecule has 2 aromatic rings. The summed E-state index contributed by atoms with van der Waals surface area (Å²) in [6.45, 7) is 5.24. The van der Waals surface area contributed by atoms with Crippen LogP contribution in [-0.4, -0.2) is 30.9 Å². The number of nitrogens with one attached hydrogen (secondary N) is 1. The van der Waals surface area contributed by atoms with Gasteiger partial charge in [-0.1, -0.05) is 6.07 Å². The van der Waals surface area contributed by atoms with Crippen LogP contribution in [0.4, 0.5) is 15.8 Å². The van der Waals surface area contributed by atoms with Crippen LogP contribution in [0.25, 0.3) is 0 Å². The highest BCUT2D eigenvalue weighted by atomic mass is 19.1. The number of hydrogen-bond acceptors (Lipinski definition) is 5. The molecular weight excluding hydrogens is 359 g/mol. The average Bonchev–Trinajstić information content (AvgIpc) is 2.67. The number of amides is 1. The molecule has 0 saturated carbocycles. The van der Waals surface area contributed by atoms with E-state index in [-0.39, 0.29) is 11.9 Å². The molecule has 1 heterocycles. The van der Waals surface area contributed by atoms with E-state index in [2.05, 4.69) is 10.3 Å². The summed E-state index contributed by atoms with van der Waals surface area (Å²) in [5.41, 5.74) is 5.57. The number of nitrogens with two attached hydrogens (primary N) is 1. The third-order valence-corrected chi connectivity index (χ3v) is 5.59. The van der Waals surface area contributed by atoms with Crippen molar-refractivity contribution in [3.8, 4) is 5.75 Å². The van der Waals surface area contributed by atoms with E-state index in [0.717, 1.165) is 5.69 Å². The second-order valence-electron chi connectivity index (χ2n) is 7.58. The first-order chi connectivity index (χ1) is 13.1. The van der Waals surface area contributed by atoms with E-state index in [1.807, 2.05) is 24.3 Å². The fourth-order valence-electron chi connectivity index (χ4n) is 3.42. The zero-order valence-corrected chi connectivity index (χ0v) is 16.7. The molecule has 28 heavy (non-hydrogen) atoms. The number of nitrogens with zero attached hydrogens (tertiary/aromatic N) is 2. The molecule has 0 fully saturated rings. The number of anilines is 2. The summed E-state index contributed by atoms with van der Waals surface area (Å²) >= 11 is 0. The van der Waals surface area contributed by atoms with Crippen LogP contribution in [0.2, 0.25) is 0 Å². The van der Waals surface area contributed by atoms with Crippen LogP contribution >= 0.6 is 0 Å². The van der Waals surface area contributed by atoms with Gasteiger partial charge in [0.15, 0.2) is 5.96 Å². The van der Waals surface area contributed by atoms with Crippen LogP contribution in [0.5, 0.6) is 5.75 Å². The number of methoxy groups -OCH3 is 1. The largest absolute Gasteiger partial charge is 0.497 e. The number of hydrogen-bond donors (Lipinski definition) is 2. The molecule has 1 amide bonds. The van der Waals surface area contributed by atoms with Crippen molar-refractivity contribution in [1.29, 1.82) is 0 Å². The molecule has 0 unspecified atom stereocenters. The fourth-order valence-corrected chi connectivity index (χ4v) is 3.42. The van der Waals surface area contributed by atoms with Crippen LogP contribution in [-0.2, 0) is 10.3 Å². The number of rotatable bonds is 4. The number of halogens is 1. The van der Waals surface area contributed by atoms with E-state index in [1.165, 1.54) is 11.0 Å². The Morgan fingerprint density at radius 2 is 1.82 bits per heavy atom. The van der Waals surface area contributed by atoms with Crippen molar-refractivity contribution in [1.82, 2.24) is 4.90 Å². The number of ether oxygens (including phenoxy) is 1. The van der Waals surface area contributed by atoms with Gasteiger partial charge in [-0.3, -0.25) is 9.69 Å². The Kier molecular flexibility index (Phi) is 4.79. The molecule has 2 aromatic carbocycles. The molecular formula is C21H25FN4O2. The second-order valence-corrected chi connectivity index (χ2v) is 7.58. The molecule has 1 atom stereocenters. The van der Waals surface area contributed by atoms with Crippen molar-refractivity contribution in [2.45, 2.75) is 26.3 Å². The summed E-state index contributed by atoms with van der Waals surface area (Å²) in [7, 11) is 3.16. The van der Waals surface area contributed by atoms with E-state index < -0.39 is 16.8 Å². The van der Waals surface area contributed by atoms with E-state index >= 15 is 0 Å². The summed E-state index contributed by atoms with van der Waals surface area (Å²) in [6, 6.07) is 12.1. The zero-order valence-electron chi connectivity index (χ0n) is 16.7. The Bertz CT molecular complexity index is 957. The molecule has 0 bridgehead atoms. The quantitative estimate of drug-likeness (QED) is 0.844. The summed E-state index contributed by atoms with van der Waals surface area (Å²) in [5, 5.41) is 3.24. The average molecular weight is 384 g/mol. The summed E-state index contributed by atoms with van der Waals surface area (Å²) in [5.74, 6) is 0.116. The molecule has 1 aliphatic heterocycles. The zero-order chi connectivity index (χ0) is 20.7. The lowest BCUT2D eigenvalue weighted by Gasteiger charge is -2.46. The van der Waals surface area contributed by atoms with Crippen molar-refractivity contribution >= 4 is 23.2 Å². The van der Waals surface area contributed by atoms with Crippen molar-refractivity contribution in [2.75, 3.05) is 19.5 Å². The number of aliphatic imine (C=N–C) groups is 1. The van der Waals surface area contributed by atoms with Gasteiger partial charge in [0.2, 0.25) is 5.91 Å². The Balaban J connectivity index is 2.07. The van der Waals surface area contributed by atoms with Crippen molar-refractivity contribution in [3.63, 3.8) is 0 Å². The van der Waals surface area contributed by atoms with Crippen molar-refractivity contribution in [3.05, 3.63) is 53.8 Å². The lowest BCUT2D eigenvalue weighted by molar-refractivity contribution is -0.140. The minimum absolute atomic E-state index is 0.0670. The van der Waals surface area contributed by atoms with Crippen LogP contribution in [0.15, 0.2) is 47.5 Å². The van der Waals surface area contributed by atoms with Crippen molar-refractivity contribution in [2.24, 2.45) is 16.1 Å². The molecule has 3 rings (SSSR count). The van der Waals surface area contributed by atoms with Gasteiger partial charge in [-0.05, 0) is 51.1 Å². The number of carbonyl (C=O) groups is 1. The molecule has 0 spiro atoms. The number of carbonyl (C=O) groups excluding carboxylic acids is 1. The summed E-state index contributed by atoms with van der Waals surface area (Å²) in [6.07, 6.45) is 0. The maximum atomic E-state index is 14.9. The molecule has 3 N–H and O–H groups in total. The molecule has 0 radical (unpaired) electrons. The SMILES string of the molecule is COc1cccc(Nc2ccc(F)c([C@@]3(C)N=C(N)N(C)C(=O)C3(C)C)c2)c1. The van der Waals surface area contributed by atoms with Crippen LogP contribution in [0.1, 0.15) is 26.3 Å². The van der Waals surface area contributed by atoms with E-state index in [9.17, 15) is 9.18 Å². The Morgan fingerprint density at radius 3 is 2.50 bits per heavy atom. The summed E-state index contributed by atoms with van der Waals surface area (Å²) < 4.78 is 20.1. The number of guanidine groups is 1. The molecule has 0 aromatic heterocycles. The normalized spacial score (nSPS) is 21.3. The Labute approximate surface area is 164 Å². The minimum atomic E-state index is -1.16. The highest BCUT2D eigenvalue weighted by molar-refractivity contribution is 6.01. The van der Waals surface area contributed by atoms with Crippen LogP contribution in [0, 0.1) is 11.2 Å². The molecule has 0 saturated heterocycles.